The second-order valence-corrected chi connectivity index (χ2v) is 5.25. The lowest BCUT2D eigenvalue weighted by Gasteiger charge is -2.14. The Kier molecular flexibility index (Phi) is 3.48. The van der Waals surface area contributed by atoms with Crippen molar-refractivity contribution in [3.05, 3.63) is 0 Å². The van der Waals surface area contributed by atoms with Gasteiger partial charge in [0, 0.05) is 12.1 Å². The average Bonchev–Trinajstić information content (AvgIpc) is 3.03. The first-order valence-corrected chi connectivity index (χ1v) is 6.62. The topological polar surface area (TPSA) is 21.9 Å². The summed E-state index contributed by atoms with van der Waals surface area (Å²) >= 11 is 0. The van der Waals surface area contributed by atoms with E-state index in [0.717, 1.165) is 23.9 Å². The fourth-order valence-corrected chi connectivity index (χ4v) is 2.82. The molecular weight excluding hydrogens is 170 g/mol. The molecule has 1 saturated heterocycles. The molecule has 1 aliphatic carbocycles. The van der Waals surface area contributed by atoms with Crippen LogP contribution in [0.15, 0.2) is 0 Å². The zero-order valence-electron chi connectivity index (χ0n) is 9.76. The first kappa shape index (κ1) is 10.5. The first-order valence-electron chi connectivity index (χ1n) is 6.62. The van der Waals surface area contributed by atoms with E-state index in [0.29, 0.717) is 0 Å². The van der Waals surface area contributed by atoms with Gasteiger partial charge >= 0.3 is 0 Å². The summed E-state index contributed by atoms with van der Waals surface area (Å²) in [5.74, 6) is 2.06. The van der Waals surface area contributed by atoms with E-state index in [1.54, 1.807) is 0 Å². The largest absolute Gasteiger partial charge is 0.308 e. The molecule has 0 spiro atoms. The van der Waals surface area contributed by atoms with Gasteiger partial charge in [-0.15, -0.1) is 0 Å². The number of hydrogen-bond acceptors (Lipinski definition) is 1. The van der Waals surface area contributed by atoms with Crippen LogP contribution in [0.2, 0.25) is 0 Å². The van der Waals surface area contributed by atoms with E-state index < -0.39 is 0 Å². The highest BCUT2D eigenvalue weighted by Gasteiger charge is 2.49. The third kappa shape index (κ3) is 2.50. The van der Waals surface area contributed by atoms with Crippen LogP contribution in [0.5, 0.6) is 0 Å². The number of rotatable bonds is 7. The highest BCUT2D eigenvalue weighted by atomic mass is 15.2. The van der Waals surface area contributed by atoms with E-state index in [2.05, 4.69) is 19.2 Å². The van der Waals surface area contributed by atoms with E-state index in [9.17, 15) is 0 Å². The van der Waals surface area contributed by atoms with Crippen LogP contribution < -0.4 is 5.32 Å². The Morgan fingerprint density at radius 1 is 1.14 bits per heavy atom. The maximum Gasteiger partial charge on any atom is 0.0255 e. The molecule has 0 aromatic carbocycles. The van der Waals surface area contributed by atoms with Gasteiger partial charge in [0.25, 0.3) is 0 Å². The minimum atomic E-state index is 0.911. The van der Waals surface area contributed by atoms with Crippen LogP contribution in [0.25, 0.3) is 0 Å². The zero-order chi connectivity index (χ0) is 9.97. The summed E-state index contributed by atoms with van der Waals surface area (Å²) < 4.78 is 0. The van der Waals surface area contributed by atoms with Gasteiger partial charge in [-0.05, 0) is 37.5 Å². The van der Waals surface area contributed by atoms with Crippen LogP contribution in [0, 0.1) is 11.8 Å². The molecule has 2 rings (SSSR count). The molecule has 0 radical (unpaired) electrons. The minimum absolute atomic E-state index is 0.911. The summed E-state index contributed by atoms with van der Waals surface area (Å²) in [4.78, 5) is 0. The van der Waals surface area contributed by atoms with Crippen molar-refractivity contribution in [2.45, 2.75) is 70.9 Å². The lowest BCUT2D eigenvalue weighted by molar-refractivity contribution is 0.411. The third-order valence-corrected chi connectivity index (χ3v) is 3.89. The summed E-state index contributed by atoms with van der Waals surface area (Å²) in [6.45, 7) is 4.63. The quantitative estimate of drug-likeness (QED) is 0.618. The second kappa shape index (κ2) is 4.65. The van der Waals surface area contributed by atoms with E-state index >= 15 is 0 Å². The maximum atomic E-state index is 3.72. The Hall–Kier alpha value is -0.0400. The van der Waals surface area contributed by atoms with Gasteiger partial charge < -0.3 is 5.32 Å². The van der Waals surface area contributed by atoms with Crippen LogP contribution in [0.4, 0.5) is 0 Å². The van der Waals surface area contributed by atoms with Crippen molar-refractivity contribution < 1.29 is 0 Å². The predicted molar refractivity (Wildman–Crippen MR) is 61.4 cm³/mol. The monoisotopic (exact) mass is 195 g/mol. The molecule has 1 heteroatoms. The average molecular weight is 195 g/mol. The van der Waals surface area contributed by atoms with Crippen molar-refractivity contribution in [1.29, 1.82) is 0 Å². The summed E-state index contributed by atoms with van der Waals surface area (Å²) in [5.41, 5.74) is 0. The molecule has 0 aromatic heterocycles. The molecule has 82 valence electrons. The van der Waals surface area contributed by atoms with Crippen molar-refractivity contribution >= 4 is 0 Å². The molecule has 1 N–H and O–H groups in total. The predicted octanol–water partition coefficient (Wildman–Crippen LogP) is 3.34. The molecular formula is C13H25N. The van der Waals surface area contributed by atoms with Gasteiger partial charge in [0.05, 0.1) is 0 Å². The van der Waals surface area contributed by atoms with Crippen LogP contribution in [-0.4, -0.2) is 12.1 Å². The van der Waals surface area contributed by atoms with Crippen molar-refractivity contribution in [3.63, 3.8) is 0 Å². The number of hydrogen-bond donors (Lipinski definition) is 1. The normalized spacial score (nSPS) is 33.0. The van der Waals surface area contributed by atoms with Crippen molar-refractivity contribution in [2.75, 3.05) is 0 Å². The van der Waals surface area contributed by atoms with Crippen molar-refractivity contribution in [1.82, 2.24) is 5.32 Å². The molecule has 14 heavy (non-hydrogen) atoms. The molecule has 2 fully saturated rings. The maximum absolute atomic E-state index is 3.72. The van der Waals surface area contributed by atoms with Crippen LogP contribution in [0.3, 0.4) is 0 Å². The smallest absolute Gasteiger partial charge is 0.0255 e. The minimum Gasteiger partial charge on any atom is -0.308 e. The Bertz CT molecular complexity index is 174. The Balaban J connectivity index is 1.72. The Labute approximate surface area is 88.7 Å². The van der Waals surface area contributed by atoms with E-state index in [1.165, 1.54) is 44.9 Å². The molecule has 0 bridgehead atoms. The summed E-state index contributed by atoms with van der Waals surface area (Å²) in [6, 6.07) is 1.84. The fraction of sp³-hybridized carbons (Fsp3) is 1.00. The van der Waals surface area contributed by atoms with E-state index in [1.807, 2.05) is 0 Å². The van der Waals surface area contributed by atoms with Crippen molar-refractivity contribution in [3.8, 4) is 0 Å². The van der Waals surface area contributed by atoms with E-state index in [4.69, 9.17) is 0 Å². The second-order valence-electron chi connectivity index (χ2n) is 5.25. The molecule has 0 aromatic rings. The molecule has 2 unspecified atom stereocenters. The number of unbranched alkanes of at least 4 members (excludes halogenated alkanes) is 1. The summed E-state index contributed by atoms with van der Waals surface area (Å²) in [7, 11) is 0. The van der Waals surface area contributed by atoms with Crippen LogP contribution in [-0.2, 0) is 0 Å². The van der Waals surface area contributed by atoms with Crippen molar-refractivity contribution in [2.24, 2.45) is 11.8 Å². The summed E-state index contributed by atoms with van der Waals surface area (Å²) in [6.07, 6.45) is 10.1. The van der Waals surface area contributed by atoms with E-state index in [-0.39, 0.29) is 0 Å². The van der Waals surface area contributed by atoms with Gasteiger partial charge in [-0.1, -0.05) is 33.1 Å². The molecule has 0 amide bonds. The SMILES string of the molecule is CCCCC(CCC)[C@H]1NC1C1CC1. The molecule has 1 saturated carbocycles. The molecule has 1 nitrogen and oxygen atoms in total. The molecule has 2 aliphatic rings. The van der Waals surface area contributed by atoms with Crippen LogP contribution >= 0.6 is 0 Å². The van der Waals surface area contributed by atoms with Crippen LogP contribution in [0.1, 0.15) is 58.8 Å². The fourth-order valence-electron chi connectivity index (χ4n) is 2.82. The molecule has 1 heterocycles. The van der Waals surface area contributed by atoms with Gasteiger partial charge in [0.1, 0.15) is 0 Å². The van der Waals surface area contributed by atoms with Gasteiger partial charge in [-0.2, -0.15) is 0 Å². The van der Waals surface area contributed by atoms with Gasteiger partial charge in [0.2, 0.25) is 0 Å². The standard InChI is InChI=1S/C13H25N/c1-3-5-7-10(6-4-2)12-13(14-12)11-8-9-11/h10-14H,3-9H2,1-2H3/t10?,12-,13?/m1/s1. The lowest BCUT2D eigenvalue weighted by Crippen LogP contribution is -2.12. The molecule has 3 atom stereocenters. The highest BCUT2D eigenvalue weighted by molar-refractivity contribution is 5.08. The van der Waals surface area contributed by atoms with Gasteiger partial charge in [-0.3, -0.25) is 0 Å². The van der Waals surface area contributed by atoms with Gasteiger partial charge in [-0.25, -0.2) is 0 Å². The third-order valence-electron chi connectivity index (χ3n) is 3.89. The lowest BCUT2D eigenvalue weighted by atomic mass is 9.91. The Morgan fingerprint density at radius 3 is 2.50 bits per heavy atom. The number of nitrogens with one attached hydrogen (secondary N) is 1. The summed E-state index contributed by atoms with van der Waals surface area (Å²) in [5, 5.41) is 3.72. The van der Waals surface area contributed by atoms with Gasteiger partial charge in [0.15, 0.2) is 0 Å². The Morgan fingerprint density at radius 2 is 1.93 bits per heavy atom. The molecule has 1 aliphatic heterocycles. The zero-order valence-corrected chi connectivity index (χ0v) is 9.76. The first-order chi connectivity index (χ1) is 6.86. The highest BCUT2D eigenvalue weighted by Crippen LogP contribution is 2.43.